The Morgan fingerprint density at radius 2 is 2.18 bits per heavy atom. The zero-order chi connectivity index (χ0) is 12.3. The fourth-order valence-corrected chi connectivity index (χ4v) is 2.17. The molecule has 1 heterocycles. The number of halogens is 1. The fourth-order valence-electron chi connectivity index (χ4n) is 1.29. The number of carbonyl (C=O) groups is 1. The number of aldehydes is 1. The molecule has 2 aromatic rings. The van der Waals surface area contributed by atoms with Gasteiger partial charge in [0, 0.05) is 22.3 Å². The van der Waals surface area contributed by atoms with E-state index >= 15 is 0 Å². The molecular formula is C12H9FN2OS. The van der Waals surface area contributed by atoms with Crippen molar-refractivity contribution in [1.82, 2.24) is 9.97 Å². The molecule has 0 saturated heterocycles. The van der Waals surface area contributed by atoms with E-state index in [4.69, 9.17) is 0 Å². The van der Waals surface area contributed by atoms with Crippen molar-refractivity contribution in [3.8, 4) is 0 Å². The maximum Gasteiger partial charge on any atom is 0.192 e. The summed E-state index contributed by atoms with van der Waals surface area (Å²) in [4.78, 5) is 19.5. The van der Waals surface area contributed by atoms with Gasteiger partial charge in [0.25, 0.3) is 0 Å². The number of carbonyl (C=O) groups excluding carboxylic acids is 1. The predicted molar refractivity (Wildman–Crippen MR) is 62.7 cm³/mol. The van der Waals surface area contributed by atoms with Crippen molar-refractivity contribution in [3.05, 3.63) is 47.5 Å². The number of benzene rings is 1. The molecule has 0 amide bonds. The lowest BCUT2D eigenvalue weighted by atomic mass is 10.2. The normalized spacial score (nSPS) is 10.2. The molecule has 17 heavy (non-hydrogen) atoms. The van der Waals surface area contributed by atoms with E-state index in [2.05, 4.69) is 9.97 Å². The summed E-state index contributed by atoms with van der Waals surface area (Å²) in [6.07, 6.45) is 2.26. The molecule has 0 saturated carbocycles. The van der Waals surface area contributed by atoms with Crippen LogP contribution in [0.15, 0.2) is 40.5 Å². The molecule has 1 aromatic carbocycles. The van der Waals surface area contributed by atoms with Gasteiger partial charge in [-0.05, 0) is 43.0 Å². The van der Waals surface area contributed by atoms with E-state index in [1.54, 1.807) is 18.3 Å². The molecule has 1 aromatic heterocycles. The summed E-state index contributed by atoms with van der Waals surface area (Å²) in [5, 5.41) is 0.535. The van der Waals surface area contributed by atoms with Crippen LogP contribution in [-0.4, -0.2) is 16.3 Å². The Bertz CT molecular complexity index is 560. The van der Waals surface area contributed by atoms with E-state index < -0.39 is 5.82 Å². The van der Waals surface area contributed by atoms with E-state index in [0.29, 0.717) is 21.9 Å². The second-order valence-corrected chi connectivity index (χ2v) is 4.46. The van der Waals surface area contributed by atoms with Gasteiger partial charge in [-0.25, -0.2) is 14.4 Å². The van der Waals surface area contributed by atoms with Gasteiger partial charge in [0.05, 0.1) is 0 Å². The van der Waals surface area contributed by atoms with Crippen molar-refractivity contribution in [2.75, 3.05) is 0 Å². The number of hydrogen-bond donors (Lipinski definition) is 0. The molecule has 0 bridgehead atoms. The van der Waals surface area contributed by atoms with E-state index in [1.807, 2.05) is 6.92 Å². The molecule has 0 aliphatic rings. The average Bonchev–Trinajstić information content (AvgIpc) is 2.28. The third-order valence-electron chi connectivity index (χ3n) is 2.01. The number of aromatic nitrogens is 2. The average molecular weight is 248 g/mol. The first kappa shape index (κ1) is 11.7. The van der Waals surface area contributed by atoms with Crippen LogP contribution in [0.25, 0.3) is 0 Å². The summed E-state index contributed by atoms with van der Waals surface area (Å²) < 4.78 is 13.2. The van der Waals surface area contributed by atoms with E-state index in [-0.39, 0.29) is 0 Å². The molecule has 0 aliphatic carbocycles. The lowest BCUT2D eigenvalue weighted by Crippen LogP contribution is -1.89. The van der Waals surface area contributed by atoms with Gasteiger partial charge in [-0.3, -0.25) is 4.79 Å². The molecule has 0 unspecified atom stereocenters. The SMILES string of the molecule is Cc1ccnc(Sc2cc(F)cc(C=O)c2)n1. The highest BCUT2D eigenvalue weighted by atomic mass is 32.2. The lowest BCUT2D eigenvalue weighted by molar-refractivity contribution is 0.112. The first-order valence-electron chi connectivity index (χ1n) is 4.90. The van der Waals surface area contributed by atoms with Crippen molar-refractivity contribution in [1.29, 1.82) is 0 Å². The van der Waals surface area contributed by atoms with Crippen LogP contribution < -0.4 is 0 Å². The largest absolute Gasteiger partial charge is 0.298 e. The minimum atomic E-state index is -0.440. The summed E-state index contributed by atoms with van der Waals surface area (Å²) in [7, 11) is 0. The van der Waals surface area contributed by atoms with Crippen molar-refractivity contribution >= 4 is 18.0 Å². The molecule has 0 radical (unpaired) electrons. The van der Waals surface area contributed by atoms with Crippen molar-refractivity contribution < 1.29 is 9.18 Å². The first-order valence-corrected chi connectivity index (χ1v) is 5.72. The second kappa shape index (κ2) is 5.05. The summed E-state index contributed by atoms with van der Waals surface area (Å²) in [5.41, 5.74) is 1.15. The third-order valence-corrected chi connectivity index (χ3v) is 2.86. The topological polar surface area (TPSA) is 42.9 Å². The molecule has 0 aliphatic heterocycles. The van der Waals surface area contributed by atoms with Crippen LogP contribution in [0, 0.1) is 12.7 Å². The number of nitrogens with zero attached hydrogens (tertiary/aromatic N) is 2. The van der Waals surface area contributed by atoms with Crippen LogP contribution in [0.1, 0.15) is 16.1 Å². The highest BCUT2D eigenvalue weighted by Gasteiger charge is 2.04. The monoisotopic (exact) mass is 248 g/mol. The third kappa shape index (κ3) is 3.10. The Hall–Kier alpha value is -1.75. The maximum atomic E-state index is 13.2. The summed E-state index contributed by atoms with van der Waals surface area (Å²) in [6.45, 7) is 1.86. The minimum absolute atomic E-state index is 0.306. The highest BCUT2D eigenvalue weighted by Crippen LogP contribution is 2.25. The fraction of sp³-hybridized carbons (Fsp3) is 0.0833. The van der Waals surface area contributed by atoms with Gasteiger partial charge in [-0.15, -0.1) is 0 Å². The van der Waals surface area contributed by atoms with Gasteiger partial charge in [0.1, 0.15) is 12.1 Å². The van der Waals surface area contributed by atoms with Crippen LogP contribution in [0.2, 0.25) is 0 Å². The second-order valence-electron chi connectivity index (χ2n) is 3.42. The summed E-state index contributed by atoms with van der Waals surface area (Å²) in [6, 6.07) is 5.93. The molecular weight excluding hydrogens is 239 g/mol. The Balaban J connectivity index is 2.29. The lowest BCUT2D eigenvalue weighted by Gasteiger charge is -2.02. The summed E-state index contributed by atoms with van der Waals surface area (Å²) in [5.74, 6) is -0.440. The number of hydrogen-bond acceptors (Lipinski definition) is 4. The van der Waals surface area contributed by atoms with Gasteiger partial charge in [-0.1, -0.05) is 0 Å². The Morgan fingerprint density at radius 3 is 2.88 bits per heavy atom. The molecule has 3 nitrogen and oxygen atoms in total. The van der Waals surface area contributed by atoms with Crippen LogP contribution in [0.5, 0.6) is 0 Å². The maximum absolute atomic E-state index is 13.2. The number of aryl methyl sites for hydroxylation is 1. The van der Waals surface area contributed by atoms with Gasteiger partial charge in [0.15, 0.2) is 5.16 Å². The van der Waals surface area contributed by atoms with E-state index in [0.717, 1.165) is 5.69 Å². The predicted octanol–water partition coefficient (Wildman–Crippen LogP) is 2.89. The van der Waals surface area contributed by atoms with Crippen molar-refractivity contribution in [2.24, 2.45) is 0 Å². The Kier molecular flexibility index (Phi) is 3.49. The molecule has 0 N–H and O–H groups in total. The van der Waals surface area contributed by atoms with E-state index in [1.165, 1.54) is 23.9 Å². The van der Waals surface area contributed by atoms with Gasteiger partial charge in [0.2, 0.25) is 0 Å². The first-order chi connectivity index (χ1) is 8.17. The number of rotatable bonds is 3. The van der Waals surface area contributed by atoms with Gasteiger partial charge < -0.3 is 0 Å². The zero-order valence-electron chi connectivity index (χ0n) is 9.05. The quantitative estimate of drug-likeness (QED) is 0.618. The smallest absolute Gasteiger partial charge is 0.192 e. The van der Waals surface area contributed by atoms with Crippen LogP contribution in [-0.2, 0) is 0 Å². The minimum Gasteiger partial charge on any atom is -0.298 e. The molecule has 2 rings (SSSR count). The summed E-state index contributed by atoms with van der Waals surface area (Å²) >= 11 is 1.22. The molecule has 0 fully saturated rings. The van der Waals surface area contributed by atoms with Gasteiger partial charge in [-0.2, -0.15) is 0 Å². The van der Waals surface area contributed by atoms with Crippen LogP contribution in [0.3, 0.4) is 0 Å². The highest BCUT2D eigenvalue weighted by molar-refractivity contribution is 7.99. The standard InChI is InChI=1S/C12H9FN2OS/c1-8-2-3-14-12(15-8)17-11-5-9(7-16)4-10(13)6-11/h2-7H,1H3. The van der Waals surface area contributed by atoms with Crippen molar-refractivity contribution in [3.63, 3.8) is 0 Å². The molecule has 5 heteroatoms. The molecule has 86 valence electrons. The van der Waals surface area contributed by atoms with E-state index in [9.17, 15) is 9.18 Å². The Labute approximate surface area is 102 Å². The Morgan fingerprint density at radius 1 is 1.35 bits per heavy atom. The molecule has 0 atom stereocenters. The van der Waals surface area contributed by atoms with Crippen LogP contribution >= 0.6 is 11.8 Å². The van der Waals surface area contributed by atoms with Crippen LogP contribution in [0.4, 0.5) is 4.39 Å². The van der Waals surface area contributed by atoms with Crippen molar-refractivity contribution in [2.45, 2.75) is 17.0 Å². The molecule has 0 spiro atoms. The zero-order valence-corrected chi connectivity index (χ0v) is 9.87. The van der Waals surface area contributed by atoms with Gasteiger partial charge >= 0.3 is 0 Å².